The van der Waals surface area contributed by atoms with Crippen LogP contribution in [0.4, 0.5) is 0 Å². The van der Waals surface area contributed by atoms with E-state index in [0.717, 1.165) is 6.42 Å². The van der Waals surface area contributed by atoms with Crippen molar-refractivity contribution in [2.75, 3.05) is 25.9 Å². The summed E-state index contributed by atoms with van der Waals surface area (Å²) in [7, 11) is -1.59. The molecule has 1 amide bonds. The molecule has 1 aliphatic heterocycles. The Morgan fingerprint density at radius 2 is 2.06 bits per heavy atom. The predicted octanol–water partition coefficient (Wildman–Crippen LogP) is 0.0401. The van der Waals surface area contributed by atoms with Crippen LogP contribution >= 0.6 is 0 Å². The third-order valence-corrected chi connectivity index (χ3v) is 5.13. The molecule has 0 aliphatic carbocycles. The molecule has 1 fully saturated rings. The number of nitrogens with zero attached hydrogens (tertiary/aromatic N) is 1. The van der Waals surface area contributed by atoms with Crippen LogP contribution in [0, 0.1) is 11.8 Å². The third-order valence-electron chi connectivity index (χ3n) is 3.05. The van der Waals surface area contributed by atoms with Crippen molar-refractivity contribution >= 4 is 15.9 Å². The highest BCUT2D eigenvalue weighted by Crippen LogP contribution is 2.21. The minimum Gasteiger partial charge on any atom is -0.359 e. The standard InChI is InChI=1S/C10H20N2O3S/c1-4-8(2)7-16(14,15)12-5-9(6-12)10(13)11-3/h8-9H,4-7H2,1-3H3,(H,11,13). The van der Waals surface area contributed by atoms with Gasteiger partial charge in [-0.2, -0.15) is 0 Å². The summed E-state index contributed by atoms with van der Waals surface area (Å²) in [4.78, 5) is 11.2. The second-order valence-electron chi connectivity index (χ2n) is 4.42. The molecular weight excluding hydrogens is 228 g/mol. The van der Waals surface area contributed by atoms with Crippen LogP contribution in [0.5, 0.6) is 0 Å². The number of rotatable bonds is 5. The van der Waals surface area contributed by atoms with Crippen LogP contribution in [0.25, 0.3) is 0 Å². The maximum Gasteiger partial charge on any atom is 0.225 e. The van der Waals surface area contributed by atoms with E-state index in [0.29, 0.717) is 13.1 Å². The first-order chi connectivity index (χ1) is 7.40. The number of carbonyl (C=O) groups is 1. The zero-order valence-electron chi connectivity index (χ0n) is 10.1. The van der Waals surface area contributed by atoms with Gasteiger partial charge in [0.15, 0.2) is 0 Å². The van der Waals surface area contributed by atoms with E-state index in [1.165, 1.54) is 4.31 Å². The lowest BCUT2D eigenvalue weighted by Gasteiger charge is -2.37. The van der Waals surface area contributed by atoms with Gasteiger partial charge in [0, 0.05) is 20.1 Å². The molecule has 0 aromatic rings. The molecule has 0 spiro atoms. The minimum absolute atomic E-state index is 0.0741. The highest BCUT2D eigenvalue weighted by molar-refractivity contribution is 7.89. The average Bonchev–Trinajstić information content (AvgIpc) is 2.13. The Morgan fingerprint density at radius 1 is 1.50 bits per heavy atom. The predicted molar refractivity (Wildman–Crippen MR) is 62.4 cm³/mol. The van der Waals surface area contributed by atoms with Gasteiger partial charge in [-0.05, 0) is 5.92 Å². The monoisotopic (exact) mass is 248 g/mol. The van der Waals surface area contributed by atoms with Gasteiger partial charge < -0.3 is 5.32 Å². The SMILES string of the molecule is CCC(C)CS(=O)(=O)N1CC(C(=O)NC)C1. The second-order valence-corrected chi connectivity index (χ2v) is 6.43. The lowest BCUT2D eigenvalue weighted by atomic mass is 10.0. The molecule has 1 rings (SSSR count). The van der Waals surface area contributed by atoms with Gasteiger partial charge in [0.1, 0.15) is 0 Å². The van der Waals surface area contributed by atoms with Crippen molar-refractivity contribution in [1.29, 1.82) is 0 Å². The molecule has 1 heterocycles. The molecule has 0 aromatic heterocycles. The molecule has 1 atom stereocenters. The van der Waals surface area contributed by atoms with Crippen molar-refractivity contribution < 1.29 is 13.2 Å². The first-order valence-electron chi connectivity index (χ1n) is 5.60. The number of hydrogen-bond donors (Lipinski definition) is 1. The summed E-state index contributed by atoms with van der Waals surface area (Å²) in [6, 6.07) is 0. The molecular formula is C10H20N2O3S. The Kier molecular flexibility index (Phi) is 4.32. The van der Waals surface area contributed by atoms with Gasteiger partial charge in [-0.15, -0.1) is 0 Å². The Bertz CT molecular complexity index is 347. The molecule has 16 heavy (non-hydrogen) atoms. The van der Waals surface area contributed by atoms with Gasteiger partial charge in [0.25, 0.3) is 0 Å². The van der Waals surface area contributed by atoms with E-state index in [2.05, 4.69) is 5.32 Å². The zero-order chi connectivity index (χ0) is 12.3. The fraction of sp³-hybridized carbons (Fsp3) is 0.900. The second kappa shape index (κ2) is 5.14. The first kappa shape index (κ1) is 13.4. The molecule has 94 valence electrons. The summed E-state index contributed by atoms with van der Waals surface area (Å²) < 4.78 is 25.1. The van der Waals surface area contributed by atoms with Gasteiger partial charge >= 0.3 is 0 Å². The lowest BCUT2D eigenvalue weighted by Crippen LogP contribution is -2.56. The topological polar surface area (TPSA) is 66.5 Å². The first-order valence-corrected chi connectivity index (χ1v) is 7.21. The summed E-state index contributed by atoms with van der Waals surface area (Å²) in [6.07, 6.45) is 0.853. The molecule has 1 unspecified atom stereocenters. The fourth-order valence-electron chi connectivity index (χ4n) is 1.62. The van der Waals surface area contributed by atoms with Crippen LogP contribution < -0.4 is 5.32 Å². The van der Waals surface area contributed by atoms with Crippen molar-refractivity contribution in [3.63, 3.8) is 0 Å². The van der Waals surface area contributed by atoms with E-state index >= 15 is 0 Å². The van der Waals surface area contributed by atoms with Crippen molar-refractivity contribution in [2.24, 2.45) is 11.8 Å². The lowest BCUT2D eigenvalue weighted by molar-refractivity contribution is -0.127. The van der Waals surface area contributed by atoms with Gasteiger partial charge in [-0.1, -0.05) is 20.3 Å². The highest BCUT2D eigenvalue weighted by atomic mass is 32.2. The van der Waals surface area contributed by atoms with Gasteiger partial charge in [0.05, 0.1) is 11.7 Å². The van der Waals surface area contributed by atoms with Crippen LogP contribution in [0.3, 0.4) is 0 Å². The van der Waals surface area contributed by atoms with E-state index in [-0.39, 0.29) is 23.5 Å². The normalized spacial score (nSPS) is 20.2. The van der Waals surface area contributed by atoms with Crippen molar-refractivity contribution in [2.45, 2.75) is 20.3 Å². The molecule has 0 saturated carbocycles. The average molecular weight is 248 g/mol. The van der Waals surface area contributed by atoms with Crippen LogP contribution in [0.2, 0.25) is 0 Å². The maximum atomic E-state index is 11.8. The van der Waals surface area contributed by atoms with Crippen LogP contribution in [-0.4, -0.2) is 44.5 Å². The van der Waals surface area contributed by atoms with E-state index in [9.17, 15) is 13.2 Å². The number of nitrogens with one attached hydrogen (secondary N) is 1. The summed E-state index contributed by atoms with van der Waals surface area (Å²) in [5.74, 6) is 0.111. The largest absolute Gasteiger partial charge is 0.359 e. The summed E-state index contributed by atoms with van der Waals surface area (Å²) in [5, 5.41) is 2.53. The smallest absolute Gasteiger partial charge is 0.225 e. The summed E-state index contributed by atoms with van der Waals surface area (Å²) >= 11 is 0. The number of hydrogen-bond acceptors (Lipinski definition) is 3. The van der Waals surface area contributed by atoms with E-state index in [1.807, 2.05) is 13.8 Å². The Balaban J connectivity index is 2.47. The molecule has 0 bridgehead atoms. The van der Waals surface area contributed by atoms with E-state index in [4.69, 9.17) is 0 Å². The third kappa shape index (κ3) is 2.95. The summed E-state index contributed by atoms with van der Waals surface area (Å²) in [5.41, 5.74) is 0. The van der Waals surface area contributed by atoms with Crippen LogP contribution in [-0.2, 0) is 14.8 Å². The molecule has 0 radical (unpaired) electrons. The van der Waals surface area contributed by atoms with Gasteiger partial charge in [-0.3, -0.25) is 4.79 Å². The van der Waals surface area contributed by atoms with E-state index < -0.39 is 10.0 Å². The van der Waals surface area contributed by atoms with Gasteiger partial charge in [0.2, 0.25) is 15.9 Å². The van der Waals surface area contributed by atoms with Crippen LogP contribution in [0.1, 0.15) is 20.3 Å². The quantitative estimate of drug-likeness (QED) is 0.747. The number of amides is 1. The van der Waals surface area contributed by atoms with Crippen molar-refractivity contribution in [3.05, 3.63) is 0 Å². The highest BCUT2D eigenvalue weighted by Gasteiger charge is 2.39. The van der Waals surface area contributed by atoms with E-state index in [1.54, 1.807) is 7.05 Å². The number of sulfonamides is 1. The molecule has 1 aliphatic rings. The zero-order valence-corrected chi connectivity index (χ0v) is 10.9. The Morgan fingerprint density at radius 3 is 2.50 bits per heavy atom. The minimum atomic E-state index is -3.16. The maximum absolute atomic E-state index is 11.8. The molecule has 0 aromatic carbocycles. The van der Waals surface area contributed by atoms with Crippen molar-refractivity contribution in [3.8, 4) is 0 Å². The Labute approximate surface area is 97.2 Å². The Hall–Kier alpha value is -0.620. The number of carbonyl (C=O) groups excluding carboxylic acids is 1. The molecule has 1 N–H and O–H groups in total. The molecule has 6 heteroatoms. The molecule has 5 nitrogen and oxygen atoms in total. The fourth-order valence-corrected chi connectivity index (χ4v) is 3.60. The van der Waals surface area contributed by atoms with Gasteiger partial charge in [-0.25, -0.2) is 12.7 Å². The van der Waals surface area contributed by atoms with Crippen LogP contribution in [0.15, 0.2) is 0 Å². The molecule has 1 saturated heterocycles. The summed E-state index contributed by atoms with van der Waals surface area (Å²) in [6.45, 7) is 4.56. The van der Waals surface area contributed by atoms with Crippen molar-refractivity contribution in [1.82, 2.24) is 9.62 Å².